The van der Waals surface area contributed by atoms with E-state index in [1.165, 1.54) is 35.9 Å². The van der Waals surface area contributed by atoms with Crippen LogP contribution in [0.3, 0.4) is 0 Å². The van der Waals surface area contributed by atoms with Crippen molar-refractivity contribution in [3.63, 3.8) is 0 Å². The smallest absolute Gasteiger partial charge is 0.416 e. The van der Waals surface area contributed by atoms with Crippen LogP contribution < -0.4 is 15.2 Å². The van der Waals surface area contributed by atoms with Crippen LogP contribution in [0.25, 0.3) is 10.9 Å². The average Bonchev–Trinajstić information content (AvgIpc) is 3.03. The minimum Gasteiger partial charge on any atom is -0.421 e. The second-order valence-electron chi connectivity index (χ2n) is 9.85. The molecule has 0 radical (unpaired) electrons. The summed E-state index contributed by atoms with van der Waals surface area (Å²) < 4.78 is 47.1. The number of pyridine rings is 1. The number of halogens is 3. The summed E-state index contributed by atoms with van der Waals surface area (Å²) in [5, 5.41) is 0.310. The highest BCUT2D eigenvalue weighted by Gasteiger charge is 2.35. The number of ether oxygens (including phenoxy) is 1. The standard InChI is InChI=1S/C34H25F3N2O5/c1-3-21-15-10-16-26-27(21)29(44-33(43)23-13-8-5-9-14-23)28(31(41)38(26)2)32(42)39(30(40)22-11-6-4-7-12-22)25-19-17-24(18-20-25)34(35,36)37/h4-20H,3H2,1-2H3. The fourth-order valence-corrected chi connectivity index (χ4v) is 4.89. The fourth-order valence-electron chi connectivity index (χ4n) is 4.89. The van der Waals surface area contributed by atoms with E-state index in [0.29, 0.717) is 27.8 Å². The first-order chi connectivity index (χ1) is 21.0. The molecule has 0 bridgehead atoms. The quantitative estimate of drug-likeness (QED) is 0.158. The summed E-state index contributed by atoms with van der Waals surface area (Å²) in [6.07, 6.45) is -4.23. The van der Waals surface area contributed by atoms with Gasteiger partial charge in [0.1, 0.15) is 5.56 Å². The van der Waals surface area contributed by atoms with E-state index in [9.17, 15) is 32.3 Å². The molecule has 0 aliphatic rings. The number of imide groups is 1. The Morgan fingerprint density at radius 1 is 0.773 bits per heavy atom. The molecule has 2 amide bonds. The van der Waals surface area contributed by atoms with Crippen LogP contribution in [0.4, 0.5) is 18.9 Å². The van der Waals surface area contributed by atoms with E-state index in [4.69, 9.17) is 4.74 Å². The van der Waals surface area contributed by atoms with Gasteiger partial charge in [-0.05, 0) is 66.6 Å². The summed E-state index contributed by atoms with van der Waals surface area (Å²) in [5.74, 6) is -3.28. The van der Waals surface area contributed by atoms with Crippen LogP contribution in [0.1, 0.15) is 49.1 Å². The molecule has 0 aliphatic heterocycles. The van der Waals surface area contributed by atoms with Crippen LogP contribution in [0.2, 0.25) is 0 Å². The van der Waals surface area contributed by atoms with Crippen molar-refractivity contribution in [2.45, 2.75) is 19.5 Å². The molecule has 0 spiro atoms. The Morgan fingerprint density at radius 2 is 1.36 bits per heavy atom. The van der Waals surface area contributed by atoms with E-state index >= 15 is 0 Å². The number of fused-ring (bicyclic) bond motifs is 1. The van der Waals surface area contributed by atoms with Gasteiger partial charge in [-0.15, -0.1) is 0 Å². The van der Waals surface area contributed by atoms with Gasteiger partial charge in [-0.1, -0.05) is 55.5 Å². The van der Waals surface area contributed by atoms with Crippen LogP contribution in [0.15, 0.2) is 108 Å². The molecule has 10 heteroatoms. The zero-order chi connectivity index (χ0) is 31.6. The molecular weight excluding hydrogens is 573 g/mol. The number of hydrogen-bond donors (Lipinski definition) is 0. The number of aryl methyl sites for hydroxylation is 2. The first kappa shape index (κ1) is 30.0. The third-order valence-corrected chi connectivity index (χ3v) is 7.14. The zero-order valence-corrected chi connectivity index (χ0v) is 23.6. The van der Waals surface area contributed by atoms with Crippen molar-refractivity contribution in [1.82, 2.24) is 4.57 Å². The van der Waals surface area contributed by atoms with Crippen molar-refractivity contribution >= 4 is 34.4 Å². The SMILES string of the molecule is CCc1cccc2c1c(OC(=O)c1ccccc1)c(C(=O)N(C(=O)c1ccccc1)c1ccc(C(F)(F)F)cc1)c(=O)n2C. The summed E-state index contributed by atoms with van der Waals surface area (Å²) >= 11 is 0. The summed E-state index contributed by atoms with van der Waals surface area (Å²) in [6, 6.07) is 24.1. The van der Waals surface area contributed by atoms with Gasteiger partial charge < -0.3 is 9.30 Å². The van der Waals surface area contributed by atoms with Gasteiger partial charge >= 0.3 is 12.1 Å². The van der Waals surface area contributed by atoms with Crippen molar-refractivity contribution < 1.29 is 32.3 Å². The van der Waals surface area contributed by atoms with Crippen molar-refractivity contribution in [2.24, 2.45) is 7.05 Å². The molecule has 222 valence electrons. The number of carbonyl (C=O) groups is 3. The minimum atomic E-state index is -4.67. The van der Waals surface area contributed by atoms with Gasteiger partial charge in [0.05, 0.1) is 22.3 Å². The maximum Gasteiger partial charge on any atom is 0.416 e. The highest BCUT2D eigenvalue weighted by molar-refractivity contribution is 6.27. The second kappa shape index (κ2) is 12.0. The molecule has 1 heterocycles. The van der Waals surface area contributed by atoms with E-state index in [-0.39, 0.29) is 22.6 Å². The van der Waals surface area contributed by atoms with E-state index in [0.717, 1.165) is 24.3 Å². The van der Waals surface area contributed by atoms with Gasteiger partial charge in [0.2, 0.25) is 0 Å². The molecule has 4 aromatic carbocycles. The first-order valence-corrected chi connectivity index (χ1v) is 13.6. The topological polar surface area (TPSA) is 85.7 Å². The minimum absolute atomic E-state index is 0.0374. The van der Waals surface area contributed by atoms with Gasteiger partial charge in [0, 0.05) is 18.0 Å². The van der Waals surface area contributed by atoms with Gasteiger partial charge in [0.15, 0.2) is 5.75 Å². The predicted molar refractivity (Wildman–Crippen MR) is 159 cm³/mol. The number of nitrogens with zero attached hydrogens (tertiary/aromatic N) is 2. The lowest BCUT2D eigenvalue weighted by atomic mass is 10.0. The Hall–Kier alpha value is -5.51. The van der Waals surface area contributed by atoms with Crippen LogP contribution in [-0.2, 0) is 19.6 Å². The zero-order valence-electron chi connectivity index (χ0n) is 23.6. The Balaban J connectivity index is 1.78. The van der Waals surface area contributed by atoms with Gasteiger partial charge in [-0.3, -0.25) is 14.4 Å². The molecule has 1 aromatic heterocycles. The molecule has 44 heavy (non-hydrogen) atoms. The Bertz CT molecular complexity index is 1930. The fraction of sp³-hybridized carbons (Fsp3) is 0.118. The highest BCUT2D eigenvalue weighted by atomic mass is 19.4. The summed E-state index contributed by atoms with van der Waals surface area (Å²) in [4.78, 5) is 56.2. The molecule has 0 N–H and O–H groups in total. The van der Waals surface area contributed by atoms with Gasteiger partial charge in [0.25, 0.3) is 17.4 Å². The normalized spacial score (nSPS) is 11.3. The molecule has 0 fully saturated rings. The molecule has 0 aliphatic carbocycles. The molecule has 5 aromatic rings. The number of esters is 1. The molecule has 0 saturated carbocycles. The van der Waals surface area contributed by atoms with Crippen LogP contribution in [0.5, 0.6) is 5.75 Å². The predicted octanol–water partition coefficient (Wildman–Crippen LogP) is 6.83. The Morgan fingerprint density at radius 3 is 1.93 bits per heavy atom. The lowest BCUT2D eigenvalue weighted by Gasteiger charge is -2.24. The average molecular weight is 599 g/mol. The number of hydrogen-bond acceptors (Lipinski definition) is 5. The number of aromatic nitrogens is 1. The number of anilines is 1. The number of benzene rings is 4. The van der Waals surface area contributed by atoms with Crippen molar-refractivity contribution in [3.8, 4) is 5.75 Å². The second-order valence-corrected chi connectivity index (χ2v) is 9.85. The number of carbonyl (C=O) groups excluding carboxylic acids is 3. The lowest BCUT2D eigenvalue weighted by Crippen LogP contribution is -2.41. The van der Waals surface area contributed by atoms with Crippen molar-refractivity contribution in [2.75, 3.05) is 4.90 Å². The number of alkyl halides is 3. The molecule has 7 nitrogen and oxygen atoms in total. The van der Waals surface area contributed by atoms with E-state index in [2.05, 4.69) is 0 Å². The summed E-state index contributed by atoms with van der Waals surface area (Å²) in [6.45, 7) is 1.84. The van der Waals surface area contributed by atoms with Crippen LogP contribution in [0, 0.1) is 0 Å². The van der Waals surface area contributed by atoms with Crippen molar-refractivity contribution in [1.29, 1.82) is 0 Å². The Labute approximate surface area is 249 Å². The van der Waals surface area contributed by atoms with Crippen molar-refractivity contribution in [3.05, 3.63) is 141 Å². The third-order valence-electron chi connectivity index (χ3n) is 7.14. The molecule has 5 rings (SSSR count). The molecular formula is C34H25F3N2O5. The largest absolute Gasteiger partial charge is 0.421 e. The number of rotatable bonds is 6. The van der Waals surface area contributed by atoms with E-state index in [1.54, 1.807) is 54.6 Å². The van der Waals surface area contributed by atoms with Crippen LogP contribution >= 0.6 is 0 Å². The monoisotopic (exact) mass is 598 g/mol. The van der Waals surface area contributed by atoms with E-state index in [1.807, 2.05) is 6.92 Å². The Kier molecular flexibility index (Phi) is 8.17. The molecule has 0 unspecified atom stereocenters. The van der Waals surface area contributed by atoms with Gasteiger partial charge in [-0.25, -0.2) is 9.69 Å². The summed E-state index contributed by atoms with van der Waals surface area (Å²) in [7, 11) is 1.44. The molecule has 0 atom stereocenters. The highest BCUT2D eigenvalue weighted by Crippen LogP contribution is 2.35. The third kappa shape index (κ3) is 5.61. The van der Waals surface area contributed by atoms with E-state index < -0.39 is 40.6 Å². The van der Waals surface area contributed by atoms with Gasteiger partial charge in [-0.2, -0.15) is 13.2 Å². The maximum absolute atomic E-state index is 14.5. The lowest BCUT2D eigenvalue weighted by molar-refractivity contribution is -0.137. The maximum atomic E-state index is 14.5. The molecule has 0 saturated heterocycles. The summed E-state index contributed by atoms with van der Waals surface area (Å²) in [5.41, 5.74) is -1.51. The first-order valence-electron chi connectivity index (χ1n) is 13.6. The number of amides is 2. The van der Waals surface area contributed by atoms with Crippen LogP contribution in [-0.4, -0.2) is 22.4 Å².